The predicted molar refractivity (Wildman–Crippen MR) is 112 cm³/mol. The van der Waals surface area contributed by atoms with Gasteiger partial charge in [0.05, 0.1) is 0 Å². The van der Waals surface area contributed by atoms with Gasteiger partial charge < -0.3 is 16.0 Å². The maximum atomic E-state index is 12.2. The molecule has 0 spiro atoms. The van der Waals surface area contributed by atoms with Gasteiger partial charge in [0.1, 0.15) is 5.01 Å². The van der Waals surface area contributed by atoms with Crippen molar-refractivity contribution in [2.75, 3.05) is 16.0 Å². The largest absolute Gasteiger partial charge is 0.326 e. The predicted octanol–water partition coefficient (Wildman–Crippen LogP) is 3.32. The quantitative estimate of drug-likeness (QED) is 0.554. The summed E-state index contributed by atoms with van der Waals surface area (Å²) in [5, 5.41) is 16.9. The Labute approximate surface area is 171 Å². The van der Waals surface area contributed by atoms with E-state index in [9.17, 15) is 14.4 Å². The fourth-order valence-electron chi connectivity index (χ4n) is 2.44. The second-order valence-corrected chi connectivity index (χ2v) is 7.19. The molecule has 0 unspecified atom stereocenters. The number of para-hydroxylation sites is 1. The minimum Gasteiger partial charge on any atom is -0.326 e. The van der Waals surface area contributed by atoms with Gasteiger partial charge >= 0.3 is 0 Å². The fraction of sp³-hybridized carbons (Fsp3) is 0.150. The lowest BCUT2D eigenvalue weighted by atomic mass is 10.2. The second kappa shape index (κ2) is 9.56. The molecule has 3 N–H and O–H groups in total. The van der Waals surface area contributed by atoms with Crippen molar-refractivity contribution in [2.24, 2.45) is 0 Å². The van der Waals surface area contributed by atoms with Crippen LogP contribution < -0.4 is 16.0 Å². The van der Waals surface area contributed by atoms with Crippen molar-refractivity contribution in [1.82, 2.24) is 10.2 Å². The maximum absolute atomic E-state index is 12.2. The van der Waals surface area contributed by atoms with Gasteiger partial charge in [0, 0.05) is 36.8 Å². The highest BCUT2D eigenvalue weighted by molar-refractivity contribution is 7.13. The molecule has 0 saturated heterocycles. The zero-order chi connectivity index (χ0) is 20.6. The molecular formula is C20H19N5O3S. The van der Waals surface area contributed by atoms with Crippen LogP contribution in [0.25, 0.3) is 0 Å². The number of carbonyl (C=O) groups excluding carboxylic acids is 3. The first-order valence-corrected chi connectivity index (χ1v) is 9.67. The summed E-state index contributed by atoms with van der Waals surface area (Å²) < 4.78 is 0. The molecule has 8 nitrogen and oxygen atoms in total. The first kappa shape index (κ1) is 20.2. The smallest absolute Gasteiger partial charge is 0.286 e. The van der Waals surface area contributed by atoms with Crippen molar-refractivity contribution in [1.29, 1.82) is 0 Å². The van der Waals surface area contributed by atoms with E-state index in [4.69, 9.17) is 0 Å². The number of carbonyl (C=O) groups is 3. The number of rotatable bonds is 7. The van der Waals surface area contributed by atoms with Gasteiger partial charge in [-0.3, -0.25) is 14.4 Å². The van der Waals surface area contributed by atoms with Crippen molar-refractivity contribution in [3.63, 3.8) is 0 Å². The Bertz CT molecular complexity index is 1000. The molecule has 3 amide bonds. The minimum atomic E-state index is -0.330. The Hall–Kier alpha value is -3.59. The van der Waals surface area contributed by atoms with Crippen molar-refractivity contribution in [2.45, 2.75) is 19.8 Å². The summed E-state index contributed by atoms with van der Waals surface area (Å²) in [6.45, 7) is 1.43. The average molecular weight is 409 g/mol. The Morgan fingerprint density at radius 1 is 0.828 bits per heavy atom. The van der Waals surface area contributed by atoms with Gasteiger partial charge in [0.2, 0.25) is 16.8 Å². The lowest BCUT2D eigenvalue weighted by Gasteiger charge is -2.06. The first-order chi connectivity index (χ1) is 14.0. The number of aryl methyl sites for hydroxylation is 1. The Morgan fingerprint density at radius 2 is 1.45 bits per heavy atom. The maximum Gasteiger partial charge on any atom is 0.286 e. The van der Waals surface area contributed by atoms with Crippen LogP contribution >= 0.6 is 11.3 Å². The zero-order valence-corrected chi connectivity index (χ0v) is 16.5. The topological polar surface area (TPSA) is 113 Å². The standard InChI is InChI=1S/C20H19N5O3S/c1-13(26)21-15-7-9-16(10-8-15)22-17(27)11-12-18-24-25-20(29-18)19(28)23-14-5-3-2-4-6-14/h2-10H,11-12H2,1H3,(H,21,26)(H,22,27)(H,23,28). The number of hydrogen-bond acceptors (Lipinski definition) is 6. The van der Waals surface area contributed by atoms with E-state index >= 15 is 0 Å². The van der Waals surface area contributed by atoms with Crippen LogP contribution in [-0.2, 0) is 16.0 Å². The van der Waals surface area contributed by atoms with E-state index in [1.54, 1.807) is 36.4 Å². The second-order valence-electron chi connectivity index (χ2n) is 6.13. The molecule has 2 aromatic carbocycles. The molecule has 0 saturated carbocycles. The fourth-order valence-corrected chi connectivity index (χ4v) is 3.17. The van der Waals surface area contributed by atoms with Crippen LogP contribution in [0.15, 0.2) is 54.6 Å². The molecule has 0 aliphatic carbocycles. The number of hydrogen-bond donors (Lipinski definition) is 3. The third kappa shape index (κ3) is 6.22. The van der Waals surface area contributed by atoms with Gasteiger partial charge in [-0.25, -0.2) is 0 Å². The summed E-state index contributed by atoms with van der Waals surface area (Å²) in [4.78, 5) is 35.3. The van der Waals surface area contributed by atoms with Crippen LogP contribution in [0.3, 0.4) is 0 Å². The number of anilines is 3. The highest BCUT2D eigenvalue weighted by Gasteiger charge is 2.14. The van der Waals surface area contributed by atoms with Gasteiger partial charge in [-0.2, -0.15) is 0 Å². The van der Waals surface area contributed by atoms with Crippen LogP contribution in [0, 0.1) is 0 Å². The van der Waals surface area contributed by atoms with Gasteiger partial charge in [0.25, 0.3) is 5.91 Å². The molecule has 0 bridgehead atoms. The molecule has 0 radical (unpaired) electrons. The van der Waals surface area contributed by atoms with Crippen molar-refractivity contribution in [3.05, 3.63) is 64.6 Å². The van der Waals surface area contributed by atoms with Crippen LogP contribution in [-0.4, -0.2) is 27.9 Å². The van der Waals surface area contributed by atoms with Gasteiger partial charge in [-0.1, -0.05) is 29.5 Å². The van der Waals surface area contributed by atoms with E-state index in [0.29, 0.717) is 28.5 Å². The van der Waals surface area contributed by atoms with Crippen molar-refractivity contribution >= 4 is 46.1 Å². The summed E-state index contributed by atoms with van der Waals surface area (Å²) in [5.74, 6) is -0.665. The molecule has 0 aliphatic rings. The summed E-state index contributed by atoms with van der Waals surface area (Å²) in [5.41, 5.74) is 1.97. The minimum absolute atomic E-state index is 0.157. The van der Waals surface area contributed by atoms with E-state index < -0.39 is 0 Å². The summed E-state index contributed by atoms with van der Waals surface area (Å²) >= 11 is 1.16. The third-order valence-corrected chi connectivity index (χ3v) is 4.73. The first-order valence-electron chi connectivity index (χ1n) is 8.86. The molecule has 0 aliphatic heterocycles. The molecule has 1 heterocycles. The number of amides is 3. The molecular weight excluding hydrogens is 390 g/mol. The normalized spacial score (nSPS) is 10.2. The summed E-state index contributed by atoms with van der Waals surface area (Å²) in [6, 6.07) is 15.9. The van der Waals surface area contributed by atoms with Gasteiger partial charge in [0.15, 0.2) is 0 Å². The van der Waals surface area contributed by atoms with E-state index in [-0.39, 0.29) is 29.1 Å². The van der Waals surface area contributed by atoms with E-state index in [0.717, 1.165) is 11.3 Å². The monoisotopic (exact) mass is 409 g/mol. The number of benzene rings is 2. The highest BCUT2D eigenvalue weighted by Crippen LogP contribution is 2.16. The number of nitrogens with one attached hydrogen (secondary N) is 3. The highest BCUT2D eigenvalue weighted by atomic mass is 32.1. The van der Waals surface area contributed by atoms with Crippen LogP contribution in [0.5, 0.6) is 0 Å². The summed E-state index contributed by atoms with van der Waals surface area (Å²) in [7, 11) is 0. The van der Waals surface area contributed by atoms with Crippen LogP contribution in [0.1, 0.15) is 28.2 Å². The Morgan fingerprint density at radius 3 is 2.10 bits per heavy atom. The van der Waals surface area contributed by atoms with Crippen LogP contribution in [0.2, 0.25) is 0 Å². The van der Waals surface area contributed by atoms with E-state index in [1.165, 1.54) is 6.92 Å². The van der Waals surface area contributed by atoms with Crippen LogP contribution in [0.4, 0.5) is 17.1 Å². The van der Waals surface area contributed by atoms with Crippen molar-refractivity contribution in [3.8, 4) is 0 Å². The Kier molecular flexibility index (Phi) is 6.64. The zero-order valence-electron chi connectivity index (χ0n) is 15.6. The third-order valence-electron chi connectivity index (χ3n) is 3.75. The van der Waals surface area contributed by atoms with Gasteiger partial charge in [-0.15, -0.1) is 10.2 Å². The molecule has 3 rings (SSSR count). The molecule has 3 aromatic rings. The lowest BCUT2D eigenvalue weighted by Crippen LogP contribution is -2.12. The van der Waals surface area contributed by atoms with Gasteiger partial charge in [-0.05, 0) is 36.4 Å². The molecule has 29 heavy (non-hydrogen) atoms. The molecule has 9 heteroatoms. The molecule has 148 valence electrons. The van der Waals surface area contributed by atoms with E-state index in [1.807, 2.05) is 18.2 Å². The SMILES string of the molecule is CC(=O)Nc1ccc(NC(=O)CCc2nnc(C(=O)Nc3ccccc3)s2)cc1. The number of aromatic nitrogens is 2. The number of nitrogens with zero attached hydrogens (tertiary/aromatic N) is 2. The van der Waals surface area contributed by atoms with E-state index in [2.05, 4.69) is 26.1 Å². The summed E-state index contributed by atoms with van der Waals surface area (Å²) in [6.07, 6.45) is 0.592. The molecule has 0 fully saturated rings. The Balaban J connectivity index is 1.48. The van der Waals surface area contributed by atoms with Crippen molar-refractivity contribution < 1.29 is 14.4 Å². The average Bonchev–Trinajstić information content (AvgIpc) is 3.18. The molecule has 1 aromatic heterocycles. The molecule has 0 atom stereocenters. The lowest BCUT2D eigenvalue weighted by molar-refractivity contribution is -0.116.